The van der Waals surface area contributed by atoms with E-state index in [1.54, 1.807) is 12.1 Å². The quantitative estimate of drug-likeness (QED) is 0.674. The SMILES string of the molecule is COc1cc(CCC(=O)Nc2cnn(C(C)(C)C(=O)O)c2)cc(OC)c1OC. The van der Waals surface area contributed by atoms with Gasteiger partial charge in [-0.3, -0.25) is 9.48 Å². The number of carboxylic acids is 1. The van der Waals surface area contributed by atoms with Crippen LogP contribution in [0.3, 0.4) is 0 Å². The van der Waals surface area contributed by atoms with Crippen molar-refractivity contribution in [2.24, 2.45) is 0 Å². The van der Waals surface area contributed by atoms with Crippen molar-refractivity contribution in [2.45, 2.75) is 32.2 Å². The lowest BCUT2D eigenvalue weighted by Crippen LogP contribution is -2.35. The summed E-state index contributed by atoms with van der Waals surface area (Å²) in [4.78, 5) is 23.5. The molecule has 0 saturated heterocycles. The number of aromatic nitrogens is 2. The second-order valence-corrected chi connectivity index (χ2v) is 6.62. The number of hydrogen-bond acceptors (Lipinski definition) is 6. The minimum atomic E-state index is -1.21. The second-order valence-electron chi connectivity index (χ2n) is 6.62. The monoisotopic (exact) mass is 391 g/mol. The fraction of sp³-hybridized carbons (Fsp3) is 0.421. The van der Waals surface area contributed by atoms with E-state index in [9.17, 15) is 14.7 Å². The predicted octanol–water partition coefficient (Wildman–Crippen LogP) is 2.30. The Balaban J connectivity index is 2.03. The summed E-state index contributed by atoms with van der Waals surface area (Å²) in [6, 6.07) is 3.59. The summed E-state index contributed by atoms with van der Waals surface area (Å²) >= 11 is 0. The molecule has 0 radical (unpaired) electrons. The summed E-state index contributed by atoms with van der Waals surface area (Å²) < 4.78 is 17.2. The van der Waals surface area contributed by atoms with Gasteiger partial charge in [0.2, 0.25) is 11.7 Å². The number of amides is 1. The number of carbonyl (C=O) groups is 2. The van der Waals surface area contributed by atoms with E-state index in [2.05, 4.69) is 10.4 Å². The molecular formula is C19H25N3O6. The van der Waals surface area contributed by atoms with Gasteiger partial charge in [-0.1, -0.05) is 0 Å². The van der Waals surface area contributed by atoms with Crippen LogP contribution in [-0.4, -0.2) is 48.1 Å². The molecule has 2 rings (SSSR count). The molecule has 0 spiro atoms. The van der Waals surface area contributed by atoms with Crippen LogP contribution in [0.4, 0.5) is 5.69 Å². The van der Waals surface area contributed by atoms with Gasteiger partial charge in [0.1, 0.15) is 0 Å². The maximum Gasteiger partial charge on any atom is 0.331 e. The number of benzene rings is 1. The molecule has 9 nitrogen and oxygen atoms in total. The fourth-order valence-electron chi connectivity index (χ4n) is 2.55. The number of nitrogens with one attached hydrogen (secondary N) is 1. The van der Waals surface area contributed by atoms with Crippen LogP contribution < -0.4 is 19.5 Å². The molecule has 1 aromatic heterocycles. The maximum absolute atomic E-state index is 12.3. The molecule has 2 aromatic rings. The third-order valence-corrected chi connectivity index (χ3v) is 4.33. The Hall–Kier alpha value is -3.23. The van der Waals surface area contributed by atoms with E-state index < -0.39 is 11.5 Å². The van der Waals surface area contributed by atoms with Crippen molar-refractivity contribution in [2.75, 3.05) is 26.6 Å². The van der Waals surface area contributed by atoms with Crippen molar-refractivity contribution in [3.63, 3.8) is 0 Å². The highest BCUT2D eigenvalue weighted by Gasteiger charge is 2.30. The van der Waals surface area contributed by atoms with Crippen molar-refractivity contribution in [1.82, 2.24) is 9.78 Å². The Bertz CT molecular complexity index is 834. The van der Waals surface area contributed by atoms with Crippen LogP contribution in [0.2, 0.25) is 0 Å². The van der Waals surface area contributed by atoms with Gasteiger partial charge in [0.05, 0.1) is 33.2 Å². The Labute approximate surface area is 163 Å². The Morgan fingerprint density at radius 3 is 2.25 bits per heavy atom. The van der Waals surface area contributed by atoms with Gasteiger partial charge in [-0.2, -0.15) is 5.10 Å². The summed E-state index contributed by atoms with van der Waals surface area (Å²) in [5, 5.41) is 16.0. The van der Waals surface area contributed by atoms with Crippen LogP contribution in [0.15, 0.2) is 24.5 Å². The smallest absolute Gasteiger partial charge is 0.331 e. The standard InChI is InChI=1S/C19H25N3O6/c1-19(2,18(24)25)22-11-13(10-20-22)21-16(23)7-6-12-8-14(26-3)17(28-5)15(9-12)27-4/h8-11H,6-7H2,1-5H3,(H,21,23)(H,24,25). The zero-order valence-electron chi connectivity index (χ0n) is 16.6. The molecule has 1 amide bonds. The van der Waals surface area contributed by atoms with Gasteiger partial charge >= 0.3 is 5.97 Å². The van der Waals surface area contributed by atoms with Gasteiger partial charge in [0.25, 0.3) is 0 Å². The topological polar surface area (TPSA) is 112 Å². The molecule has 0 aliphatic heterocycles. The lowest BCUT2D eigenvalue weighted by molar-refractivity contribution is -0.146. The predicted molar refractivity (Wildman–Crippen MR) is 102 cm³/mol. The highest BCUT2D eigenvalue weighted by molar-refractivity contribution is 5.90. The van der Waals surface area contributed by atoms with Crippen molar-refractivity contribution in [3.05, 3.63) is 30.1 Å². The van der Waals surface area contributed by atoms with E-state index in [-0.39, 0.29) is 12.3 Å². The molecule has 9 heteroatoms. The molecule has 2 N–H and O–H groups in total. The Morgan fingerprint density at radius 1 is 1.14 bits per heavy atom. The number of ether oxygens (including phenoxy) is 3. The zero-order valence-corrected chi connectivity index (χ0v) is 16.6. The largest absolute Gasteiger partial charge is 0.493 e. The van der Waals surface area contributed by atoms with E-state index in [1.807, 2.05) is 0 Å². The lowest BCUT2D eigenvalue weighted by atomic mass is 10.1. The molecule has 0 bridgehead atoms. The Kier molecular flexibility index (Phi) is 6.50. The van der Waals surface area contributed by atoms with Crippen LogP contribution in [0.1, 0.15) is 25.8 Å². The molecule has 0 saturated carbocycles. The van der Waals surface area contributed by atoms with E-state index in [0.29, 0.717) is 29.4 Å². The van der Waals surface area contributed by atoms with Crippen molar-refractivity contribution in [3.8, 4) is 17.2 Å². The van der Waals surface area contributed by atoms with E-state index in [0.717, 1.165) is 5.56 Å². The van der Waals surface area contributed by atoms with E-state index in [1.165, 1.54) is 52.3 Å². The molecule has 1 heterocycles. The van der Waals surface area contributed by atoms with Gasteiger partial charge in [-0.05, 0) is 38.0 Å². The molecule has 152 valence electrons. The number of carboxylic acid groups (broad SMARTS) is 1. The van der Waals surface area contributed by atoms with Gasteiger partial charge in [0, 0.05) is 12.6 Å². The number of hydrogen-bond donors (Lipinski definition) is 2. The summed E-state index contributed by atoms with van der Waals surface area (Å²) in [6.45, 7) is 3.05. The number of aliphatic carboxylic acids is 1. The zero-order chi connectivity index (χ0) is 20.9. The molecule has 1 aromatic carbocycles. The van der Waals surface area contributed by atoms with Crippen LogP contribution in [0.5, 0.6) is 17.2 Å². The minimum absolute atomic E-state index is 0.214. The van der Waals surface area contributed by atoms with Crippen molar-refractivity contribution < 1.29 is 28.9 Å². The number of methoxy groups -OCH3 is 3. The molecule has 0 aliphatic rings. The summed E-state index contributed by atoms with van der Waals surface area (Å²) in [6.07, 6.45) is 3.58. The summed E-state index contributed by atoms with van der Waals surface area (Å²) in [7, 11) is 4.59. The second kappa shape index (κ2) is 8.64. The van der Waals surface area contributed by atoms with E-state index in [4.69, 9.17) is 14.2 Å². The van der Waals surface area contributed by atoms with Crippen LogP contribution in [-0.2, 0) is 21.5 Å². The average molecular weight is 391 g/mol. The van der Waals surface area contributed by atoms with Gasteiger partial charge in [-0.25, -0.2) is 4.79 Å². The number of anilines is 1. The number of aryl methyl sites for hydroxylation is 1. The number of rotatable bonds is 9. The first kappa shape index (κ1) is 21.1. The van der Waals surface area contributed by atoms with Crippen molar-refractivity contribution >= 4 is 17.6 Å². The molecule has 0 fully saturated rings. The normalized spacial score (nSPS) is 11.0. The molecule has 0 atom stereocenters. The first-order valence-electron chi connectivity index (χ1n) is 8.60. The van der Waals surface area contributed by atoms with Crippen LogP contribution in [0.25, 0.3) is 0 Å². The molecule has 28 heavy (non-hydrogen) atoms. The van der Waals surface area contributed by atoms with Crippen LogP contribution >= 0.6 is 0 Å². The van der Waals surface area contributed by atoms with Crippen molar-refractivity contribution in [1.29, 1.82) is 0 Å². The highest BCUT2D eigenvalue weighted by Crippen LogP contribution is 2.38. The van der Waals surface area contributed by atoms with Gasteiger partial charge < -0.3 is 24.6 Å². The summed E-state index contributed by atoms with van der Waals surface area (Å²) in [5.74, 6) is 0.299. The van der Waals surface area contributed by atoms with E-state index >= 15 is 0 Å². The third kappa shape index (κ3) is 4.54. The van der Waals surface area contributed by atoms with Gasteiger partial charge in [0.15, 0.2) is 17.0 Å². The highest BCUT2D eigenvalue weighted by atomic mass is 16.5. The molecular weight excluding hydrogens is 366 g/mol. The maximum atomic E-state index is 12.3. The first-order chi connectivity index (χ1) is 13.2. The number of nitrogens with zero attached hydrogens (tertiary/aromatic N) is 2. The first-order valence-corrected chi connectivity index (χ1v) is 8.60. The average Bonchev–Trinajstić information content (AvgIpc) is 3.14. The molecule has 0 aliphatic carbocycles. The fourth-order valence-corrected chi connectivity index (χ4v) is 2.55. The van der Waals surface area contributed by atoms with Gasteiger partial charge in [-0.15, -0.1) is 0 Å². The number of carbonyl (C=O) groups excluding carboxylic acids is 1. The Morgan fingerprint density at radius 2 is 1.75 bits per heavy atom. The minimum Gasteiger partial charge on any atom is -0.493 e. The third-order valence-electron chi connectivity index (χ3n) is 4.33. The van der Waals surface area contributed by atoms with Crippen LogP contribution in [0, 0.1) is 0 Å². The summed E-state index contributed by atoms with van der Waals surface area (Å²) in [5.41, 5.74) is 0.0793. The molecule has 0 unspecified atom stereocenters. The lowest BCUT2D eigenvalue weighted by Gasteiger charge is -2.19.